The molecule has 1 heterocycles. The summed E-state index contributed by atoms with van der Waals surface area (Å²) in [7, 11) is 1.80. The van der Waals surface area contributed by atoms with Crippen molar-refractivity contribution in [2.75, 3.05) is 13.2 Å². The standard InChI is InChI=1S/C21H23FN4O2/c1-15-6-5-7-16(14-15)28-13-11-24-21(27)25-19(20-23-10-12-26(20)2)17-8-3-4-9-18(17)22/h3-10,12,14,19H,11,13H2,1-2H3,(H2,24,25,27)/t19-/m1/s1. The molecule has 2 aromatic carbocycles. The van der Waals surface area contributed by atoms with Gasteiger partial charge in [0.15, 0.2) is 0 Å². The minimum Gasteiger partial charge on any atom is -0.492 e. The van der Waals surface area contributed by atoms with Gasteiger partial charge in [0.1, 0.15) is 30.0 Å². The second-order valence-corrected chi connectivity index (χ2v) is 6.42. The van der Waals surface area contributed by atoms with E-state index in [1.54, 1.807) is 42.2 Å². The van der Waals surface area contributed by atoms with Crippen LogP contribution in [0.3, 0.4) is 0 Å². The maximum Gasteiger partial charge on any atom is 0.315 e. The minimum atomic E-state index is -0.709. The predicted octanol–water partition coefficient (Wildman–Crippen LogP) is 3.34. The Bertz CT molecular complexity index is 941. The number of hydrogen-bond acceptors (Lipinski definition) is 3. The van der Waals surface area contributed by atoms with E-state index in [9.17, 15) is 9.18 Å². The van der Waals surface area contributed by atoms with Crippen molar-refractivity contribution in [3.05, 3.63) is 83.7 Å². The average molecular weight is 382 g/mol. The zero-order chi connectivity index (χ0) is 19.9. The lowest BCUT2D eigenvalue weighted by atomic mass is 10.1. The van der Waals surface area contributed by atoms with Crippen LogP contribution in [0, 0.1) is 12.7 Å². The number of imidazole rings is 1. The molecule has 2 N–H and O–H groups in total. The van der Waals surface area contributed by atoms with Gasteiger partial charge in [-0.15, -0.1) is 0 Å². The molecular formula is C21H23FN4O2. The summed E-state index contributed by atoms with van der Waals surface area (Å²) >= 11 is 0. The monoisotopic (exact) mass is 382 g/mol. The Morgan fingerprint density at radius 2 is 2.07 bits per heavy atom. The SMILES string of the molecule is Cc1cccc(OCCNC(=O)N[C@H](c2ccccc2F)c2nccn2C)c1. The Morgan fingerprint density at radius 3 is 2.79 bits per heavy atom. The summed E-state index contributed by atoms with van der Waals surface area (Å²) in [5.74, 6) is 0.884. The first-order chi connectivity index (χ1) is 13.5. The molecule has 0 aliphatic heterocycles. The molecule has 0 aliphatic rings. The number of hydrogen-bond donors (Lipinski definition) is 2. The molecule has 6 nitrogen and oxygen atoms in total. The molecule has 0 fully saturated rings. The number of carbonyl (C=O) groups is 1. The van der Waals surface area contributed by atoms with E-state index < -0.39 is 17.9 Å². The Balaban J connectivity index is 1.60. The van der Waals surface area contributed by atoms with Crippen LogP contribution in [-0.4, -0.2) is 28.7 Å². The highest BCUT2D eigenvalue weighted by atomic mass is 19.1. The highest BCUT2D eigenvalue weighted by Gasteiger charge is 2.23. The maximum atomic E-state index is 14.3. The Labute approximate surface area is 163 Å². The number of rotatable bonds is 7. The third-order valence-electron chi connectivity index (χ3n) is 4.25. The maximum absolute atomic E-state index is 14.3. The van der Waals surface area contributed by atoms with Crippen LogP contribution in [0.2, 0.25) is 0 Å². The van der Waals surface area contributed by atoms with Crippen molar-refractivity contribution in [1.82, 2.24) is 20.2 Å². The van der Waals surface area contributed by atoms with E-state index in [1.165, 1.54) is 6.07 Å². The lowest BCUT2D eigenvalue weighted by Gasteiger charge is -2.20. The first kappa shape index (κ1) is 19.4. The Hall–Kier alpha value is -3.35. The normalized spacial score (nSPS) is 11.7. The van der Waals surface area contributed by atoms with Gasteiger partial charge in [-0.05, 0) is 30.7 Å². The molecule has 1 atom stereocenters. The van der Waals surface area contributed by atoms with Gasteiger partial charge in [-0.25, -0.2) is 14.2 Å². The fourth-order valence-corrected chi connectivity index (χ4v) is 2.87. The largest absolute Gasteiger partial charge is 0.492 e. The molecule has 0 unspecified atom stereocenters. The van der Waals surface area contributed by atoms with Crippen LogP contribution in [0.15, 0.2) is 60.9 Å². The molecule has 7 heteroatoms. The Kier molecular flexibility index (Phi) is 6.26. The number of nitrogens with zero attached hydrogens (tertiary/aromatic N) is 2. The molecule has 0 bridgehead atoms. The first-order valence-corrected chi connectivity index (χ1v) is 9.00. The highest BCUT2D eigenvalue weighted by molar-refractivity contribution is 5.74. The third-order valence-corrected chi connectivity index (χ3v) is 4.25. The number of amides is 2. The molecule has 0 spiro atoms. The number of ether oxygens (including phenoxy) is 1. The molecule has 2 amide bonds. The van der Waals surface area contributed by atoms with Crippen LogP contribution >= 0.6 is 0 Å². The number of halogens is 1. The molecule has 0 saturated heterocycles. The van der Waals surface area contributed by atoms with Crippen molar-refractivity contribution in [1.29, 1.82) is 0 Å². The van der Waals surface area contributed by atoms with Crippen LogP contribution in [0.25, 0.3) is 0 Å². The molecule has 0 aliphatic carbocycles. The van der Waals surface area contributed by atoms with E-state index in [1.807, 2.05) is 31.2 Å². The Morgan fingerprint density at radius 1 is 1.25 bits per heavy atom. The number of carbonyl (C=O) groups excluding carboxylic acids is 1. The van der Waals surface area contributed by atoms with Crippen molar-refractivity contribution in [3.8, 4) is 5.75 Å². The van der Waals surface area contributed by atoms with Gasteiger partial charge in [0, 0.05) is 25.0 Å². The van der Waals surface area contributed by atoms with Crippen molar-refractivity contribution in [2.24, 2.45) is 7.05 Å². The summed E-state index contributed by atoms with van der Waals surface area (Å²) < 4.78 is 21.7. The van der Waals surface area contributed by atoms with Gasteiger partial charge >= 0.3 is 6.03 Å². The third kappa shape index (κ3) is 4.88. The van der Waals surface area contributed by atoms with Gasteiger partial charge in [-0.1, -0.05) is 30.3 Å². The smallest absolute Gasteiger partial charge is 0.315 e. The number of benzene rings is 2. The van der Waals surface area contributed by atoms with Crippen LogP contribution in [0.4, 0.5) is 9.18 Å². The molecule has 3 rings (SSSR count). The first-order valence-electron chi connectivity index (χ1n) is 9.00. The summed E-state index contributed by atoms with van der Waals surface area (Å²) in [6, 6.07) is 12.9. The molecular weight excluding hydrogens is 359 g/mol. The van der Waals surface area contributed by atoms with Gasteiger partial charge in [0.05, 0.1) is 6.54 Å². The molecule has 28 heavy (non-hydrogen) atoms. The highest BCUT2D eigenvalue weighted by Crippen LogP contribution is 2.22. The van der Waals surface area contributed by atoms with Gasteiger partial charge in [0.2, 0.25) is 0 Å². The zero-order valence-corrected chi connectivity index (χ0v) is 15.9. The lowest BCUT2D eigenvalue weighted by Crippen LogP contribution is -2.41. The zero-order valence-electron chi connectivity index (χ0n) is 15.9. The number of urea groups is 1. The van der Waals surface area contributed by atoms with E-state index in [2.05, 4.69) is 15.6 Å². The van der Waals surface area contributed by atoms with Gasteiger partial charge < -0.3 is 19.9 Å². The van der Waals surface area contributed by atoms with E-state index in [0.717, 1.165) is 11.3 Å². The van der Waals surface area contributed by atoms with Crippen LogP contribution in [0.5, 0.6) is 5.75 Å². The van der Waals surface area contributed by atoms with Crippen molar-refractivity contribution in [2.45, 2.75) is 13.0 Å². The van der Waals surface area contributed by atoms with Crippen molar-refractivity contribution in [3.63, 3.8) is 0 Å². The fourth-order valence-electron chi connectivity index (χ4n) is 2.87. The molecule has 3 aromatic rings. The van der Waals surface area contributed by atoms with Crippen LogP contribution in [0.1, 0.15) is 23.0 Å². The second kappa shape index (κ2) is 9.03. The van der Waals surface area contributed by atoms with E-state index in [0.29, 0.717) is 24.5 Å². The fraction of sp³-hybridized carbons (Fsp3) is 0.238. The van der Waals surface area contributed by atoms with E-state index in [-0.39, 0.29) is 0 Å². The van der Waals surface area contributed by atoms with E-state index in [4.69, 9.17) is 4.74 Å². The number of aryl methyl sites for hydroxylation is 2. The van der Waals surface area contributed by atoms with Crippen LogP contribution < -0.4 is 15.4 Å². The lowest BCUT2D eigenvalue weighted by molar-refractivity contribution is 0.233. The number of aromatic nitrogens is 2. The van der Waals surface area contributed by atoms with Gasteiger partial charge in [0.25, 0.3) is 0 Å². The number of nitrogens with one attached hydrogen (secondary N) is 2. The second-order valence-electron chi connectivity index (χ2n) is 6.42. The van der Waals surface area contributed by atoms with E-state index >= 15 is 0 Å². The summed E-state index contributed by atoms with van der Waals surface area (Å²) in [6.07, 6.45) is 3.36. The molecule has 1 aromatic heterocycles. The molecule has 0 radical (unpaired) electrons. The van der Waals surface area contributed by atoms with Crippen molar-refractivity contribution < 1.29 is 13.9 Å². The summed E-state index contributed by atoms with van der Waals surface area (Å²) in [4.78, 5) is 16.6. The molecule has 146 valence electrons. The van der Waals surface area contributed by atoms with Crippen molar-refractivity contribution >= 4 is 6.03 Å². The minimum absolute atomic E-state index is 0.310. The van der Waals surface area contributed by atoms with Crippen LogP contribution in [-0.2, 0) is 7.05 Å². The summed E-state index contributed by atoms with van der Waals surface area (Å²) in [5.41, 5.74) is 1.45. The van der Waals surface area contributed by atoms with Gasteiger partial charge in [-0.2, -0.15) is 0 Å². The quantitative estimate of drug-likeness (QED) is 0.616. The topological polar surface area (TPSA) is 68.2 Å². The van der Waals surface area contributed by atoms with Gasteiger partial charge in [-0.3, -0.25) is 0 Å². The average Bonchev–Trinajstić information content (AvgIpc) is 3.10. The summed E-state index contributed by atoms with van der Waals surface area (Å²) in [6.45, 7) is 2.62. The predicted molar refractivity (Wildman–Crippen MR) is 105 cm³/mol. The summed E-state index contributed by atoms with van der Waals surface area (Å²) in [5, 5.41) is 5.53. The molecule has 0 saturated carbocycles.